The summed E-state index contributed by atoms with van der Waals surface area (Å²) in [4.78, 5) is 23.1. The average molecular weight is 347 g/mol. The fourth-order valence-electron chi connectivity index (χ4n) is 2.09. The third-order valence-electron chi connectivity index (χ3n) is 3.20. The molecule has 0 aliphatic rings. The van der Waals surface area contributed by atoms with Gasteiger partial charge >= 0.3 is 0 Å². The molecule has 0 saturated heterocycles. The van der Waals surface area contributed by atoms with E-state index >= 15 is 0 Å². The van der Waals surface area contributed by atoms with Crippen LogP contribution in [-0.2, 0) is 6.54 Å². The molecule has 0 saturated carbocycles. The Kier molecular flexibility index (Phi) is 4.60. The molecule has 2 aromatic heterocycles. The number of carbonyl (C=O) groups excluding carboxylic acids is 1. The third-order valence-corrected chi connectivity index (χ3v) is 3.64. The second kappa shape index (κ2) is 6.81. The molecule has 3 rings (SSSR count). The Morgan fingerprint density at radius 2 is 2.04 bits per heavy atom. The van der Waals surface area contributed by atoms with Crippen molar-refractivity contribution in [2.45, 2.75) is 6.54 Å². The van der Waals surface area contributed by atoms with Crippen LogP contribution in [-0.4, -0.2) is 20.9 Å². The molecule has 1 aromatic carbocycles. The predicted octanol–water partition coefficient (Wildman–Crippen LogP) is 3.71. The molecule has 116 valence electrons. The molecule has 0 fully saturated rings. The van der Waals surface area contributed by atoms with E-state index in [1.54, 1.807) is 24.4 Å². The second-order valence-electron chi connectivity index (χ2n) is 4.84. The van der Waals surface area contributed by atoms with Crippen LogP contribution >= 0.6 is 23.2 Å². The fourth-order valence-corrected chi connectivity index (χ4v) is 2.45. The van der Waals surface area contributed by atoms with Gasteiger partial charge in [0.25, 0.3) is 5.91 Å². The minimum absolute atomic E-state index is 0.212. The van der Waals surface area contributed by atoms with E-state index in [0.29, 0.717) is 28.1 Å². The Balaban J connectivity index is 1.69. The van der Waals surface area contributed by atoms with Crippen LogP contribution in [0, 0.1) is 0 Å². The first-order valence-corrected chi connectivity index (χ1v) is 7.56. The highest BCUT2D eigenvalue weighted by Gasteiger charge is 2.10. The molecule has 0 spiro atoms. The Bertz CT molecular complexity index is 847. The van der Waals surface area contributed by atoms with Crippen LogP contribution in [0.25, 0.3) is 11.3 Å². The van der Waals surface area contributed by atoms with Crippen molar-refractivity contribution < 1.29 is 4.79 Å². The van der Waals surface area contributed by atoms with E-state index in [1.807, 2.05) is 18.2 Å². The number of hydrogen-bond acceptors (Lipinski definition) is 3. The van der Waals surface area contributed by atoms with Gasteiger partial charge in [0.05, 0.1) is 5.69 Å². The Hall–Kier alpha value is -2.37. The van der Waals surface area contributed by atoms with Crippen molar-refractivity contribution in [3.8, 4) is 11.3 Å². The van der Waals surface area contributed by atoms with E-state index in [4.69, 9.17) is 23.2 Å². The maximum atomic E-state index is 12.2. The minimum atomic E-state index is -0.212. The molecular weight excluding hydrogens is 335 g/mol. The number of nitrogens with one attached hydrogen (secondary N) is 2. The van der Waals surface area contributed by atoms with Gasteiger partial charge in [-0.15, -0.1) is 0 Å². The molecule has 2 N–H and O–H groups in total. The van der Waals surface area contributed by atoms with Crippen molar-refractivity contribution >= 4 is 29.1 Å². The summed E-state index contributed by atoms with van der Waals surface area (Å²) < 4.78 is 0. The SMILES string of the molecule is O=C(NCc1cccc(Cl)c1)c1cc(-c2cc(Cl)ncn2)c[nH]1. The van der Waals surface area contributed by atoms with Gasteiger partial charge in [-0.05, 0) is 23.8 Å². The van der Waals surface area contributed by atoms with Gasteiger partial charge in [0.2, 0.25) is 0 Å². The molecule has 2 heterocycles. The molecule has 0 radical (unpaired) electrons. The number of amides is 1. The van der Waals surface area contributed by atoms with E-state index in [9.17, 15) is 4.79 Å². The predicted molar refractivity (Wildman–Crippen MR) is 89.5 cm³/mol. The smallest absolute Gasteiger partial charge is 0.267 e. The first-order valence-electron chi connectivity index (χ1n) is 6.81. The lowest BCUT2D eigenvalue weighted by Crippen LogP contribution is -2.22. The number of benzene rings is 1. The van der Waals surface area contributed by atoms with Crippen molar-refractivity contribution in [3.63, 3.8) is 0 Å². The van der Waals surface area contributed by atoms with Crippen LogP contribution < -0.4 is 5.32 Å². The maximum absolute atomic E-state index is 12.2. The van der Waals surface area contributed by atoms with Crippen LogP contribution in [0.3, 0.4) is 0 Å². The molecular formula is C16H12Cl2N4O. The largest absolute Gasteiger partial charge is 0.357 e. The van der Waals surface area contributed by atoms with Crippen molar-refractivity contribution in [1.29, 1.82) is 0 Å². The Morgan fingerprint density at radius 1 is 1.17 bits per heavy atom. The molecule has 0 aliphatic heterocycles. The van der Waals surface area contributed by atoms with Crippen LogP contribution in [0.15, 0.2) is 48.9 Å². The first-order chi connectivity index (χ1) is 11.1. The summed E-state index contributed by atoms with van der Waals surface area (Å²) in [5.74, 6) is -0.212. The first kappa shape index (κ1) is 15.5. The average Bonchev–Trinajstić information content (AvgIpc) is 3.03. The van der Waals surface area contributed by atoms with E-state index in [1.165, 1.54) is 6.33 Å². The number of rotatable bonds is 4. The highest BCUT2D eigenvalue weighted by Crippen LogP contribution is 2.19. The van der Waals surface area contributed by atoms with Crippen LogP contribution in [0.1, 0.15) is 16.1 Å². The monoisotopic (exact) mass is 346 g/mol. The van der Waals surface area contributed by atoms with Crippen LogP contribution in [0.5, 0.6) is 0 Å². The van der Waals surface area contributed by atoms with E-state index in [0.717, 1.165) is 11.1 Å². The second-order valence-corrected chi connectivity index (χ2v) is 5.66. The summed E-state index contributed by atoms with van der Waals surface area (Å²) in [5, 5.41) is 3.82. The third kappa shape index (κ3) is 3.88. The zero-order valence-electron chi connectivity index (χ0n) is 11.9. The summed E-state index contributed by atoms with van der Waals surface area (Å²) in [5.41, 5.74) is 2.79. The quantitative estimate of drug-likeness (QED) is 0.707. The number of carbonyl (C=O) groups is 1. The van der Waals surface area contributed by atoms with Gasteiger partial charge in [-0.2, -0.15) is 0 Å². The number of hydrogen-bond donors (Lipinski definition) is 2. The molecule has 7 heteroatoms. The summed E-state index contributed by atoms with van der Waals surface area (Å²) >= 11 is 11.8. The van der Waals surface area contributed by atoms with Gasteiger partial charge in [0, 0.05) is 29.4 Å². The van der Waals surface area contributed by atoms with Crippen LogP contribution in [0.4, 0.5) is 0 Å². The highest BCUT2D eigenvalue weighted by atomic mass is 35.5. The number of nitrogens with zero attached hydrogens (tertiary/aromatic N) is 2. The molecule has 5 nitrogen and oxygen atoms in total. The van der Waals surface area contributed by atoms with Gasteiger partial charge < -0.3 is 10.3 Å². The van der Waals surface area contributed by atoms with E-state index in [2.05, 4.69) is 20.3 Å². The summed E-state index contributed by atoms with van der Waals surface area (Å²) in [7, 11) is 0. The Morgan fingerprint density at radius 3 is 2.83 bits per heavy atom. The highest BCUT2D eigenvalue weighted by molar-refractivity contribution is 6.30. The fraction of sp³-hybridized carbons (Fsp3) is 0.0625. The van der Waals surface area contributed by atoms with Crippen molar-refractivity contribution in [1.82, 2.24) is 20.3 Å². The summed E-state index contributed by atoms with van der Waals surface area (Å²) in [6.45, 7) is 0.396. The van der Waals surface area contributed by atoms with E-state index in [-0.39, 0.29) is 5.91 Å². The molecule has 0 unspecified atom stereocenters. The van der Waals surface area contributed by atoms with Crippen LogP contribution in [0.2, 0.25) is 10.2 Å². The van der Waals surface area contributed by atoms with Gasteiger partial charge in [0.1, 0.15) is 17.2 Å². The number of halogens is 2. The number of aromatic nitrogens is 3. The van der Waals surface area contributed by atoms with Gasteiger partial charge in [-0.1, -0.05) is 35.3 Å². The van der Waals surface area contributed by atoms with Crippen molar-refractivity contribution in [2.24, 2.45) is 0 Å². The Labute approximate surface area is 142 Å². The summed E-state index contributed by atoms with van der Waals surface area (Å²) in [6, 6.07) is 10.7. The maximum Gasteiger partial charge on any atom is 0.267 e. The number of aromatic amines is 1. The lowest BCUT2D eigenvalue weighted by atomic mass is 10.2. The van der Waals surface area contributed by atoms with Gasteiger partial charge in [0.15, 0.2) is 0 Å². The molecule has 0 atom stereocenters. The topological polar surface area (TPSA) is 70.7 Å². The molecule has 0 aliphatic carbocycles. The van der Waals surface area contributed by atoms with Gasteiger partial charge in [-0.3, -0.25) is 4.79 Å². The van der Waals surface area contributed by atoms with E-state index < -0.39 is 0 Å². The minimum Gasteiger partial charge on any atom is -0.357 e. The molecule has 23 heavy (non-hydrogen) atoms. The molecule has 1 amide bonds. The number of H-pyrrole nitrogens is 1. The molecule has 0 bridgehead atoms. The molecule has 3 aromatic rings. The lowest BCUT2D eigenvalue weighted by molar-refractivity contribution is 0.0946. The zero-order valence-corrected chi connectivity index (χ0v) is 13.4. The summed E-state index contributed by atoms with van der Waals surface area (Å²) in [6.07, 6.45) is 3.08. The van der Waals surface area contributed by atoms with Crippen molar-refractivity contribution in [3.05, 3.63) is 70.4 Å². The normalized spacial score (nSPS) is 10.5. The standard InChI is InChI=1S/C16H12Cl2N4O/c17-12-3-1-2-10(4-12)7-20-16(23)14-5-11(8-19-14)13-6-15(18)22-9-21-13/h1-6,8-9,19H,7H2,(H,20,23). The van der Waals surface area contributed by atoms with Gasteiger partial charge in [-0.25, -0.2) is 9.97 Å². The lowest BCUT2D eigenvalue weighted by Gasteiger charge is -2.04. The zero-order chi connectivity index (χ0) is 16.2. The van der Waals surface area contributed by atoms with Crippen molar-refractivity contribution in [2.75, 3.05) is 0 Å².